The first-order valence-corrected chi connectivity index (χ1v) is 8.62. The molecule has 126 valence electrons. The smallest absolute Gasteiger partial charge is 0.0494 e. The Morgan fingerprint density at radius 2 is 1.23 bits per heavy atom. The van der Waals surface area contributed by atoms with Gasteiger partial charge in [-0.1, -0.05) is 72.8 Å². The molecule has 2 heteroatoms. The predicted octanol–water partition coefficient (Wildman–Crippen LogP) is 3.66. The molecule has 4 N–H and O–H groups in total. The maximum atomic E-state index is 6.59. The van der Waals surface area contributed by atoms with E-state index in [0.717, 1.165) is 32.3 Å². The number of rotatable bonds is 2. The molecule has 0 bridgehead atoms. The van der Waals surface area contributed by atoms with Crippen LogP contribution >= 0.6 is 0 Å². The van der Waals surface area contributed by atoms with Gasteiger partial charge in [-0.3, -0.25) is 0 Å². The summed E-state index contributed by atoms with van der Waals surface area (Å²) in [7, 11) is 0. The second-order valence-corrected chi connectivity index (χ2v) is 6.35. The molecule has 0 radical (unpaired) electrons. The summed E-state index contributed by atoms with van der Waals surface area (Å²) in [4.78, 5) is 0. The van der Waals surface area contributed by atoms with Crippen LogP contribution in [0.1, 0.15) is 11.1 Å². The van der Waals surface area contributed by atoms with E-state index in [9.17, 15) is 0 Å². The van der Waals surface area contributed by atoms with Crippen LogP contribution in [0.25, 0.3) is 22.9 Å². The van der Waals surface area contributed by atoms with E-state index in [1.54, 1.807) is 0 Å². The number of nitrogen functional groups attached to an aromatic ring is 2. The average molecular weight is 336 g/mol. The number of anilines is 2. The highest BCUT2D eigenvalue weighted by Crippen LogP contribution is 2.23. The zero-order chi connectivity index (χ0) is 17.9. The molecule has 0 spiro atoms. The number of hydrogen-bond donors (Lipinski definition) is 2. The molecule has 0 saturated carbocycles. The largest absolute Gasteiger partial charge is 0.398 e. The molecular weight excluding hydrogens is 316 g/mol. The first kappa shape index (κ1) is 16.0. The summed E-state index contributed by atoms with van der Waals surface area (Å²) < 4.78 is 0. The van der Waals surface area contributed by atoms with Gasteiger partial charge in [-0.25, -0.2) is 0 Å². The van der Waals surface area contributed by atoms with Crippen LogP contribution in [0.3, 0.4) is 0 Å². The van der Waals surface area contributed by atoms with Crippen LogP contribution in [-0.2, 0) is 0 Å². The number of fused-ring (bicyclic) bond motifs is 1. The number of benzene rings is 4. The van der Waals surface area contributed by atoms with Gasteiger partial charge in [-0.05, 0) is 46.0 Å². The fourth-order valence-electron chi connectivity index (χ4n) is 3.28. The Hall–Kier alpha value is -3.52. The third-order valence-corrected chi connectivity index (χ3v) is 4.54. The summed E-state index contributed by atoms with van der Waals surface area (Å²) in [6.07, 6.45) is 4.28. The highest BCUT2D eigenvalue weighted by molar-refractivity contribution is 6.02. The lowest BCUT2D eigenvalue weighted by Gasteiger charge is -2.08. The second kappa shape index (κ2) is 6.77. The van der Waals surface area contributed by atoms with Gasteiger partial charge in [0.15, 0.2) is 0 Å². The maximum Gasteiger partial charge on any atom is 0.0494 e. The van der Waals surface area contributed by atoms with Crippen molar-refractivity contribution in [2.24, 2.45) is 0 Å². The van der Waals surface area contributed by atoms with Crippen molar-refractivity contribution in [3.8, 4) is 0 Å². The third-order valence-electron chi connectivity index (χ3n) is 4.54. The summed E-state index contributed by atoms with van der Waals surface area (Å²) in [5, 5.41) is 4.04. The fourth-order valence-corrected chi connectivity index (χ4v) is 3.28. The lowest BCUT2D eigenvalue weighted by atomic mass is 10.0. The minimum atomic E-state index is 0.703. The molecule has 4 aromatic rings. The lowest BCUT2D eigenvalue weighted by molar-refractivity contribution is 1.52. The Labute approximate surface area is 152 Å². The van der Waals surface area contributed by atoms with Crippen molar-refractivity contribution in [1.82, 2.24) is 0 Å². The molecule has 0 aromatic heterocycles. The summed E-state index contributed by atoms with van der Waals surface area (Å²) in [5.74, 6) is 0. The van der Waals surface area contributed by atoms with Crippen molar-refractivity contribution in [2.45, 2.75) is 0 Å². The van der Waals surface area contributed by atoms with E-state index >= 15 is 0 Å². The van der Waals surface area contributed by atoms with Crippen molar-refractivity contribution in [3.05, 3.63) is 106 Å². The molecule has 0 aliphatic carbocycles. The summed E-state index contributed by atoms with van der Waals surface area (Å²) in [6, 6.07) is 28.5. The van der Waals surface area contributed by atoms with Crippen molar-refractivity contribution in [3.63, 3.8) is 0 Å². The molecule has 0 unspecified atom stereocenters. The quantitative estimate of drug-likeness (QED) is 0.549. The van der Waals surface area contributed by atoms with Crippen LogP contribution in [0.2, 0.25) is 0 Å². The van der Waals surface area contributed by atoms with Gasteiger partial charge in [0.2, 0.25) is 0 Å². The monoisotopic (exact) mass is 336 g/mol. The molecule has 0 atom stereocenters. The number of hydrogen-bond acceptors (Lipinski definition) is 2. The van der Waals surface area contributed by atoms with Gasteiger partial charge in [0.25, 0.3) is 0 Å². The van der Waals surface area contributed by atoms with Crippen molar-refractivity contribution in [2.75, 3.05) is 11.5 Å². The topological polar surface area (TPSA) is 52.0 Å². The summed E-state index contributed by atoms with van der Waals surface area (Å²) in [6.45, 7) is 0. The zero-order valence-electron chi connectivity index (χ0n) is 14.4. The Morgan fingerprint density at radius 1 is 0.615 bits per heavy atom. The first-order chi connectivity index (χ1) is 12.7. The molecule has 0 fully saturated rings. The Bertz CT molecular complexity index is 1180. The molecule has 0 amide bonds. The highest BCUT2D eigenvalue weighted by Gasteiger charge is 2.05. The highest BCUT2D eigenvalue weighted by atomic mass is 14.6. The van der Waals surface area contributed by atoms with Gasteiger partial charge >= 0.3 is 0 Å². The Balaban J connectivity index is 2.12. The first-order valence-electron chi connectivity index (χ1n) is 8.62. The van der Waals surface area contributed by atoms with Gasteiger partial charge < -0.3 is 11.5 Å². The molecule has 0 aliphatic heterocycles. The molecule has 26 heavy (non-hydrogen) atoms. The predicted molar refractivity (Wildman–Crippen MR) is 112 cm³/mol. The van der Waals surface area contributed by atoms with Crippen LogP contribution in [0, 0.1) is 0 Å². The summed E-state index contributed by atoms with van der Waals surface area (Å²) >= 11 is 0. The van der Waals surface area contributed by atoms with Crippen LogP contribution < -0.4 is 21.9 Å². The third kappa shape index (κ3) is 3.05. The van der Waals surface area contributed by atoms with E-state index in [-0.39, 0.29) is 0 Å². The molecule has 2 nitrogen and oxygen atoms in total. The number of nitrogens with two attached hydrogens (primary N) is 2. The molecule has 4 rings (SSSR count). The van der Waals surface area contributed by atoms with Crippen molar-refractivity contribution < 1.29 is 0 Å². The zero-order valence-corrected chi connectivity index (χ0v) is 14.4. The van der Waals surface area contributed by atoms with E-state index in [0.29, 0.717) is 11.4 Å². The molecular formula is C24H20N2. The standard InChI is InChI=1S/C24H20N2/c25-22-13-7-12-19-16-20(14-17-8-3-1-4-9-17)21(24(26)23(19)22)15-18-10-5-2-6-11-18/h1-16H,25-26H2. The van der Waals surface area contributed by atoms with Gasteiger partial charge in [0.05, 0.1) is 0 Å². The average Bonchev–Trinajstić information content (AvgIpc) is 2.66. The lowest BCUT2D eigenvalue weighted by Crippen LogP contribution is -2.28. The molecule has 0 aliphatic rings. The van der Waals surface area contributed by atoms with Crippen LogP contribution in [0.4, 0.5) is 11.4 Å². The van der Waals surface area contributed by atoms with Crippen LogP contribution in [0.15, 0.2) is 84.9 Å². The SMILES string of the molecule is Nc1cccc2cc(=Cc3ccccc3)c(=Cc3ccccc3)c(N)c12. The van der Waals surface area contributed by atoms with E-state index in [1.807, 2.05) is 48.5 Å². The van der Waals surface area contributed by atoms with E-state index in [4.69, 9.17) is 11.5 Å². The minimum Gasteiger partial charge on any atom is -0.398 e. The second-order valence-electron chi connectivity index (χ2n) is 6.35. The van der Waals surface area contributed by atoms with Crippen LogP contribution in [-0.4, -0.2) is 0 Å². The van der Waals surface area contributed by atoms with E-state index < -0.39 is 0 Å². The Morgan fingerprint density at radius 3 is 1.88 bits per heavy atom. The van der Waals surface area contributed by atoms with Crippen molar-refractivity contribution in [1.29, 1.82) is 0 Å². The molecule has 4 aromatic carbocycles. The van der Waals surface area contributed by atoms with Gasteiger partial charge in [0, 0.05) is 22.0 Å². The molecule has 0 saturated heterocycles. The van der Waals surface area contributed by atoms with Gasteiger partial charge in [0.1, 0.15) is 0 Å². The fraction of sp³-hybridized carbons (Fsp3) is 0. The van der Waals surface area contributed by atoms with Gasteiger partial charge in [-0.2, -0.15) is 0 Å². The molecule has 0 heterocycles. The van der Waals surface area contributed by atoms with E-state index in [2.05, 4.69) is 48.6 Å². The van der Waals surface area contributed by atoms with Gasteiger partial charge in [-0.15, -0.1) is 0 Å². The van der Waals surface area contributed by atoms with Crippen molar-refractivity contribution >= 4 is 34.3 Å². The normalized spacial score (nSPS) is 12.6. The minimum absolute atomic E-state index is 0.703. The van der Waals surface area contributed by atoms with E-state index in [1.165, 1.54) is 0 Å². The Kier molecular flexibility index (Phi) is 4.16. The summed E-state index contributed by atoms with van der Waals surface area (Å²) in [5.41, 5.74) is 16.5. The maximum absolute atomic E-state index is 6.59. The van der Waals surface area contributed by atoms with Crippen LogP contribution in [0.5, 0.6) is 0 Å².